The molecule has 14 heavy (non-hydrogen) atoms. The summed E-state index contributed by atoms with van der Waals surface area (Å²) in [5.41, 5.74) is 0. The minimum Gasteiger partial charge on any atom is -0.390 e. The summed E-state index contributed by atoms with van der Waals surface area (Å²) in [5, 5.41) is 20.0. The molecule has 0 radical (unpaired) electrons. The van der Waals surface area contributed by atoms with Crippen LogP contribution in [0.15, 0.2) is 0 Å². The van der Waals surface area contributed by atoms with Gasteiger partial charge in [0.2, 0.25) is 0 Å². The lowest BCUT2D eigenvalue weighted by Crippen LogP contribution is -2.37. The number of hydrogen-bond acceptors (Lipinski definition) is 2. The van der Waals surface area contributed by atoms with E-state index < -0.39 is 12.2 Å². The van der Waals surface area contributed by atoms with Crippen molar-refractivity contribution in [2.75, 3.05) is 0 Å². The van der Waals surface area contributed by atoms with Gasteiger partial charge in [-0.1, -0.05) is 39.5 Å². The van der Waals surface area contributed by atoms with Gasteiger partial charge in [0.1, 0.15) is 0 Å². The molecule has 1 fully saturated rings. The molecule has 1 aliphatic carbocycles. The van der Waals surface area contributed by atoms with Crippen LogP contribution < -0.4 is 0 Å². The van der Waals surface area contributed by atoms with E-state index in [0.29, 0.717) is 5.92 Å². The van der Waals surface area contributed by atoms with Gasteiger partial charge >= 0.3 is 0 Å². The average molecular weight is 200 g/mol. The largest absolute Gasteiger partial charge is 0.390 e. The van der Waals surface area contributed by atoms with Crippen LogP contribution in [0.4, 0.5) is 0 Å². The smallest absolute Gasteiger partial charge is 0.0829 e. The summed E-state index contributed by atoms with van der Waals surface area (Å²) in [7, 11) is 0. The predicted octanol–water partition coefficient (Wildman–Crippen LogP) is 2.33. The Morgan fingerprint density at radius 1 is 1.07 bits per heavy atom. The van der Waals surface area contributed by atoms with Crippen molar-refractivity contribution < 1.29 is 10.2 Å². The van der Waals surface area contributed by atoms with Crippen LogP contribution in [0.1, 0.15) is 52.4 Å². The SMILES string of the molecule is CCC(CC)C(O)C(O)C1CCCC1. The molecule has 0 spiro atoms. The Bertz CT molecular complexity index is 142. The maximum absolute atomic E-state index is 10.0. The fraction of sp³-hybridized carbons (Fsp3) is 1.00. The minimum absolute atomic E-state index is 0.269. The van der Waals surface area contributed by atoms with Crippen molar-refractivity contribution in [2.24, 2.45) is 11.8 Å². The minimum atomic E-state index is -0.506. The highest BCUT2D eigenvalue weighted by molar-refractivity contribution is 4.83. The summed E-state index contributed by atoms with van der Waals surface area (Å²) in [4.78, 5) is 0. The Morgan fingerprint density at radius 3 is 2.00 bits per heavy atom. The molecule has 2 nitrogen and oxygen atoms in total. The summed E-state index contributed by atoms with van der Waals surface area (Å²) in [6.45, 7) is 4.16. The Labute approximate surface area is 87.3 Å². The molecule has 0 saturated heterocycles. The van der Waals surface area contributed by atoms with Gasteiger partial charge in [-0.2, -0.15) is 0 Å². The molecule has 2 unspecified atom stereocenters. The van der Waals surface area contributed by atoms with E-state index in [-0.39, 0.29) is 5.92 Å². The second-order valence-corrected chi connectivity index (χ2v) is 4.60. The van der Waals surface area contributed by atoms with E-state index in [2.05, 4.69) is 13.8 Å². The van der Waals surface area contributed by atoms with Crippen LogP contribution in [0, 0.1) is 11.8 Å². The highest BCUT2D eigenvalue weighted by Gasteiger charge is 2.31. The van der Waals surface area contributed by atoms with Crippen molar-refractivity contribution in [2.45, 2.75) is 64.6 Å². The monoisotopic (exact) mass is 200 g/mol. The first-order chi connectivity index (χ1) is 6.70. The fourth-order valence-electron chi connectivity index (χ4n) is 2.63. The molecule has 2 atom stereocenters. The quantitative estimate of drug-likeness (QED) is 0.715. The van der Waals surface area contributed by atoms with E-state index in [1.54, 1.807) is 0 Å². The van der Waals surface area contributed by atoms with E-state index >= 15 is 0 Å². The topological polar surface area (TPSA) is 40.5 Å². The van der Waals surface area contributed by atoms with Gasteiger partial charge in [-0.05, 0) is 24.7 Å². The van der Waals surface area contributed by atoms with Crippen LogP contribution >= 0.6 is 0 Å². The van der Waals surface area contributed by atoms with Crippen LogP contribution in [-0.2, 0) is 0 Å². The molecule has 0 aromatic rings. The zero-order valence-corrected chi connectivity index (χ0v) is 9.45. The van der Waals surface area contributed by atoms with E-state index in [1.165, 1.54) is 12.8 Å². The standard InChI is InChI=1S/C12H24O2/c1-3-9(4-2)11(13)12(14)10-7-5-6-8-10/h9-14H,3-8H2,1-2H3. The summed E-state index contributed by atoms with van der Waals surface area (Å²) in [5.74, 6) is 0.621. The number of aliphatic hydroxyl groups is 2. The molecule has 1 rings (SSSR count). The van der Waals surface area contributed by atoms with Gasteiger partial charge in [-0.15, -0.1) is 0 Å². The van der Waals surface area contributed by atoms with E-state index in [9.17, 15) is 10.2 Å². The van der Waals surface area contributed by atoms with E-state index in [0.717, 1.165) is 25.7 Å². The maximum Gasteiger partial charge on any atom is 0.0829 e. The zero-order valence-electron chi connectivity index (χ0n) is 9.45. The summed E-state index contributed by atoms with van der Waals surface area (Å²) < 4.78 is 0. The molecule has 0 aromatic heterocycles. The third-order valence-electron chi connectivity index (χ3n) is 3.76. The molecule has 0 amide bonds. The third kappa shape index (κ3) is 2.71. The highest BCUT2D eigenvalue weighted by atomic mass is 16.3. The fourth-order valence-corrected chi connectivity index (χ4v) is 2.63. The molecule has 84 valence electrons. The molecule has 0 aliphatic heterocycles. The number of aliphatic hydroxyl groups excluding tert-OH is 2. The van der Waals surface area contributed by atoms with Gasteiger partial charge in [-0.25, -0.2) is 0 Å². The Kier molecular flexibility index (Phi) is 4.90. The summed E-state index contributed by atoms with van der Waals surface area (Å²) >= 11 is 0. The van der Waals surface area contributed by atoms with Crippen LogP contribution in [0.5, 0.6) is 0 Å². The van der Waals surface area contributed by atoms with E-state index in [4.69, 9.17) is 0 Å². The first-order valence-electron chi connectivity index (χ1n) is 6.06. The molecular weight excluding hydrogens is 176 g/mol. The molecule has 0 heterocycles. The van der Waals surface area contributed by atoms with Crippen molar-refractivity contribution in [3.05, 3.63) is 0 Å². The second kappa shape index (κ2) is 5.72. The van der Waals surface area contributed by atoms with Crippen LogP contribution in [0.2, 0.25) is 0 Å². The third-order valence-corrected chi connectivity index (χ3v) is 3.76. The van der Waals surface area contributed by atoms with Crippen LogP contribution in [-0.4, -0.2) is 22.4 Å². The molecule has 2 heteroatoms. The van der Waals surface area contributed by atoms with Crippen molar-refractivity contribution in [1.82, 2.24) is 0 Å². The molecule has 2 N–H and O–H groups in total. The lowest BCUT2D eigenvalue weighted by Gasteiger charge is -2.28. The molecule has 1 saturated carbocycles. The molecule has 0 bridgehead atoms. The van der Waals surface area contributed by atoms with E-state index in [1.807, 2.05) is 0 Å². The Morgan fingerprint density at radius 2 is 1.57 bits per heavy atom. The second-order valence-electron chi connectivity index (χ2n) is 4.60. The number of hydrogen-bond donors (Lipinski definition) is 2. The van der Waals surface area contributed by atoms with Crippen molar-refractivity contribution in [3.63, 3.8) is 0 Å². The predicted molar refractivity (Wildman–Crippen MR) is 58.0 cm³/mol. The lowest BCUT2D eigenvalue weighted by atomic mass is 9.86. The first-order valence-corrected chi connectivity index (χ1v) is 6.06. The lowest BCUT2D eigenvalue weighted by molar-refractivity contribution is -0.0479. The van der Waals surface area contributed by atoms with Gasteiger partial charge in [0, 0.05) is 0 Å². The Balaban J connectivity index is 2.44. The van der Waals surface area contributed by atoms with Crippen molar-refractivity contribution in [3.8, 4) is 0 Å². The van der Waals surface area contributed by atoms with Crippen LogP contribution in [0.25, 0.3) is 0 Å². The van der Waals surface area contributed by atoms with Gasteiger partial charge < -0.3 is 10.2 Å². The molecular formula is C12H24O2. The van der Waals surface area contributed by atoms with Crippen molar-refractivity contribution in [1.29, 1.82) is 0 Å². The number of rotatable bonds is 5. The van der Waals surface area contributed by atoms with Crippen LogP contribution in [0.3, 0.4) is 0 Å². The van der Waals surface area contributed by atoms with Gasteiger partial charge in [0.15, 0.2) is 0 Å². The average Bonchev–Trinajstić information content (AvgIpc) is 2.71. The van der Waals surface area contributed by atoms with Crippen molar-refractivity contribution >= 4 is 0 Å². The molecule has 1 aliphatic rings. The Hall–Kier alpha value is -0.0800. The molecule has 0 aromatic carbocycles. The first kappa shape index (κ1) is 12.0. The van der Waals surface area contributed by atoms with Gasteiger partial charge in [0.05, 0.1) is 12.2 Å². The van der Waals surface area contributed by atoms with Gasteiger partial charge in [0.25, 0.3) is 0 Å². The van der Waals surface area contributed by atoms with Gasteiger partial charge in [-0.3, -0.25) is 0 Å². The highest BCUT2D eigenvalue weighted by Crippen LogP contribution is 2.31. The summed E-state index contributed by atoms with van der Waals surface area (Å²) in [6, 6.07) is 0. The maximum atomic E-state index is 10.0. The summed E-state index contributed by atoms with van der Waals surface area (Å²) in [6.07, 6.45) is 5.56. The zero-order chi connectivity index (χ0) is 10.6. The normalized spacial score (nSPS) is 22.9.